The summed E-state index contributed by atoms with van der Waals surface area (Å²) in [5.74, 6) is 0.00871. The van der Waals surface area contributed by atoms with Crippen LogP contribution in [0, 0.1) is 6.92 Å². The molecule has 2 aromatic carbocycles. The van der Waals surface area contributed by atoms with Crippen molar-refractivity contribution in [2.75, 3.05) is 0 Å². The minimum absolute atomic E-state index is 0.00871. The van der Waals surface area contributed by atoms with Gasteiger partial charge in [-0.2, -0.15) is 5.10 Å². The number of carbonyl (C=O) groups is 1. The summed E-state index contributed by atoms with van der Waals surface area (Å²) < 4.78 is 1.92. The van der Waals surface area contributed by atoms with Crippen LogP contribution in [0.2, 0.25) is 0 Å². The number of hydrogen-bond acceptors (Lipinski definition) is 2. The number of aryl methyl sites for hydroxylation is 1. The van der Waals surface area contributed by atoms with E-state index < -0.39 is 0 Å². The maximum Gasteiger partial charge on any atom is 0.185 e. The molecule has 0 radical (unpaired) electrons. The topological polar surface area (TPSA) is 34.9 Å². The monoisotopic (exact) mass is 290 g/mol. The molecule has 3 aromatic rings. The highest BCUT2D eigenvalue weighted by molar-refractivity contribution is 6.08. The predicted octanol–water partition coefficient (Wildman–Crippen LogP) is 4.26. The van der Waals surface area contributed by atoms with Crippen LogP contribution in [-0.4, -0.2) is 15.6 Å². The highest BCUT2D eigenvalue weighted by Gasteiger charge is 2.05. The van der Waals surface area contributed by atoms with E-state index in [4.69, 9.17) is 0 Å². The molecule has 1 aromatic heterocycles. The minimum atomic E-state index is 0.00871. The van der Waals surface area contributed by atoms with Crippen molar-refractivity contribution in [3.05, 3.63) is 71.6 Å². The molecule has 1 heterocycles. The van der Waals surface area contributed by atoms with Crippen LogP contribution in [0.5, 0.6) is 0 Å². The molecule has 3 rings (SSSR count). The van der Waals surface area contributed by atoms with Gasteiger partial charge >= 0.3 is 0 Å². The molecule has 22 heavy (non-hydrogen) atoms. The first-order chi connectivity index (χ1) is 10.7. The minimum Gasteiger partial charge on any atom is -0.289 e. The Morgan fingerprint density at radius 3 is 2.68 bits per heavy atom. The van der Waals surface area contributed by atoms with E-state index in [9.17, 15) is 4.79 Å². The first-order valence-electron chi connectivity index (χ1n) is 7.42. The predicted molar refractivity (Wildman–Crippen MR) is 90.0 cm³/mol. The average molecular weight is 290 g/mol. The van der Waals surface area contributed by atoms with Gasteiger partial charge in [0.05, 0.1) is 6.20 Å². The molecule has 0 saturated heterocycles. The molecule has 0 unspecified atom stereocenters. The van der Waals surface area contributed by atoms with Crippen LogP contribution in [0.15, 0.2) is 54.7 Å². The van der Waals surface area contributed by atoms with Gasteiger partial charge in [-0.15, -0.1) is 0 Å². The first-order valence-corrected chi connectivity index (χ1v) is 7.42. The molecule has 0 aliphatic rings. The van der Waals surface area contributed by atoms with Gasteiger partial charge in [-0.05, 0) is 42.8 Å². The van der Waals surface area contributed by atoms with Gasteiger partial charge in [0.1, 0.15) is 0 Å². The Hall–Kier alpha value is -2.68. The molecule has 3 heteroatoms. The molecule has 0 aliphatic carbocycles. The summed E-state index contributed by atoms with van der Waals surface area (Å²) >= 11 is 0. The summed E-state index contributed by atoms with van der Waals surface area (Å²) in [7, 11) is 0. The largest absolute Gasteiger partial charge is 0.289 e. The average Bonchev–Trinajstić information content (AvgIpc) is 2.92. The molecule has 3 nitrogen and oxygen atoms in total. The lowest BCUT2D eigenvalue weighted by atomic mass is 10.0. The lowest BCUT2D eigenvalue weighted by molar-refractivity contribution is 0.104. The van der Waals surface area contributed by atoms with E-state index in [1.54, 1.807) is 12.3 Å². The Balaban J connectivity index is 1.86. The molecule has 0 atom stereocenters. The van der Waals surface area contributed by atoms with Gasteiger partial charge in [0, 0.05) is 23.4 Å². The summed E-state index contributed by atoms with van der Waals surface area (Å²) in [4.78, 5) is 12.3. The fraction of sp³-hybridized carbons (Fsp3) is 0.158. The van der Waals surface area contributed by atoms with Crippen molar-refractivity contribution in [3.8, 4) is 0 Å². The summed E-state index contributed by atoms with van der Waals surface area (Å²) in [6, 6.07) is 13.8. The number of ketones is 1. The smallest absolute Gasteiger partial charge is 0.185 e. The van der Waals surface area contributed by atoms with Gasteiger partial charge in [0.2, 0.25) is 0 Å². The fourth-order valence-electron chi connectivity index (χ4n) is 2.55. The summed E-state index contributed by atoms with van der Waals surface area (Å²) in [5.41, 5.74) is 2.76. The Morgan fingerprint density at radius 1 is 1.18 bits per heavy atom. The number of carbonyl (C=O) groups excluding carboxylic acids is 1. The van der Waals surface area contributed by atoms with Crippen molar-refractivity contribution >= 4 is 22.6 Å². The van der Waals surface area contributed by atoms with E-state index in [2.05, 4.69) is 5.10 Å². The van der Waals surface area contributed by atoms with Crippen LogP contribution >= 0.6 is 0 Å². The Kier molecular flexibility index (Phi) is 3.88. The van der Waals surface area contributed by atoms with Crippen molar-refractivity contribution in [1.29, 1.82) is 0 Å². The number of fused-ring (bicyclic) bond motifs is 1. The molecule has 0 spiro atoms. The van der Waals surface area contributed by atoms with Gasteiger partial charge in [-0.25, -0.2) is 0 Å². The lowest BCUT2D eigenvalue weighted by Gasteiger charge is -2.01. The third kappa shape index (κ3) is 2.70. The van der Waals surface area contributed by atoms with Crippen molar-refractivity contribution < 1.29 is 4.79 Å². The zero-order chi connectivity index (χ0) is 15.5. The van der Waals surface area contributed by atoms with Crippen molar-refractivity contribution in [3.63, 3.8) is 0 Å². The summed E-state index contributed by atoms with van der Waals surface area (Å²) in [5, 5.41) is 6.50. The third-order valence-electron chi connectivity index (χ3n) is 3.89. The second-order valence-electron chi connectivity index (χ2n) is 5.26. The Bertz CT molecular complexity index is 859. The molecular weight excluding hydrogens is 272 g/mol. The summed E-state index contributed by atoms with van der Waals surface area (Å²) in [6.45, 7) is 4.89. The standard InChI is InChI=1S/C19H18N2O/c1-3-21-14(2)18(13-20-21)10-11-19(22)17-9-8-15-6-4-5-7-16(15)12-17/h4-13H,3H2,1-2H3/b11-10+. The second-order valence-corrected chi connectivity index (χ2v) is 5.26. The van der Waals surface area contributed by atoms with Crippen molar-refractivity contribution in [2.24, 2.45) is 0 Å². The van der Waals surface area contributed by atoms with Crippen LogP contribution < -0.4 is 0 Å². The zero-order valence-electron chi connectivity index (χ0n) is 12.8. The zero-order valence-corrected chi connectivity index (χ0v) is 12.8. The molecule has 0 aliphatic heterocycles. The Morgan fingerprint density at radius 2 is 1.95 bits per heavy atom. The van der Waals surface area contributed by atoms with Gasteiger partial charge in [-0.3, -0.25) is 9.48 Å². The maximum atomic E-state index is 12.3. The van der Waals surface area contributed by atoms with E-state index in [-0.39, 0.29) is 5.78 Å². The molecule has 110 valence electrons. The van der Waals surface area contributed by atoms with E-state index in [0.717, 1.165) is 28.6 Å². The fourth-order valence-corrected chi connectivity index (χ4v) is 2.55. The van der Waals surface area contributed by atoms with Gasteiger partial charge in [-0.1, -0.05) is 36.4 Å². The second kappa shape index (κ2) is 5.98. The van der Waals surface area contributed by atoms with Gasteiger partial charge < -0.3 is 0 Å². The van der Waals surface area contributed by atoms with Crippen LogP contribution in [0.3, 0.4) is 0 Å². The quantitative estimate of drug-likeness (QED) is 0.531. The summed E-state index contributed by atoms with van der Waals surface area (Å²) in [6.07, 6.45) is 5.25. The van der Waals surface area contributed by atoms with Crippen LogP contribution in [0.4, 0.5) is 0 Å². The van der Waals surface area contributed by atoms with Crippen molar-refractivity contribution in [2.45, 2.75) is 20.4 Å². The number of allylic oxidation sites excluding steroid dienone is 1. The molecule has 0 N–H and O–H groups in total. The highest BCUT2D eigenvalue weighted by Crippen LogP contribution is 2.17. The van der Waals surface area contributed by atoms with Crippen LogP contribution in [-0.2, 0) is 6.54 Å². The first kappa shape index (κ1) is 14.3. The van der Waals surface area contributed by atoms with Gasteiger partial charge in [0.25, 0.3) is 0 Å². The third-order valence-corrected chi connectivity index (χ3v) is 3.89. The van der Waals surface area contributed by atoms with E-state index in [1.807, 2.05) is 67.1 Å². The number of nitrogens with zero attached hydrogens (tertiary/aromatic N) is 2. The van der Waals surface area contributed by atoms with E-state index in [0.29, 0.717) is 5.56 Å². The van der Waals surface area contributed by atoms with Crippen LogP contribution in [0.25, 0.3) is 16.8 Å². The van der Waals surface area contributed by atoms with Crippen LogP contribution in [0.1, 0.15) is 28.5 Å². The SMILES string of the molecule is CCn1ncc(/C=C/C(=O)c2ccc3ccccc3c2)c1C. The number of rotatable bonds is 4. The molecule has 0 bridgehead atoms. The normalized spacial score (nSPS) is 11.4. The van der Waals surface area contributed by atoms with E-state index >= 15 is 0 Å². The van der Waals surface area contributed by atoms with Gasteiger partial charge in [0.15, 0.2) is 5.78 Å². The molecular formula is C19H18N2O. The van der Waals surface area contributed by atoms with E-state index in [1.165, 1.54) is 0 Å². The molecule has 0 saturated carbocycles. The molecule has 0 fully saturated rings. The van der Waals surface area contributed by atoms with Crippen molar-refractivity contribution in [1.82, 2.24) is 9.78 Å². The number of aromatic nitrogens is 2. The Labute approximate surface area is 129 Å². The number of hydrogen-bond donors (Lipinski definition) is 0. The lowest BCUT2D eigenvalue weighted by Crippen LogP contribution is -1.98. The highest BCUT2D eigenvalue weighted by atomic mass is 16.1. The maximum absolute atomic E-state index is 12.3. The number of benzene rings is 2. The molecule has 0 amide bonds.